The summed E-state index contributed by atoms with van der Waals surface area (Å²) in [7, 11) is 0. The predicted octanol–water partition coefficient (Wildman–Crippen LogP) is 3.80. The van der Waals surface area contributed by atoms with Crippen LogP contribution in [0.2, 0.25) is 0 Å². The smallest absolute Gasteiger partial charge is 0.160 e. The van der Waals surface area contributed by atoms with Gasteiger partial charge in [0.25, 0.3) is 0 Å². The highest BCUT2D eigenvalue weighted by Crippen LogP contribution is 2.28. The zero-order valence-electron chi connectivity index (χ0n) is 13.2. The topological polar surface area (TPSA) is 56.2 Å². The van der Waals surface area contributed by atoms with Gasteiger partial charge in [-0.2, -0.15) is 0 Å². The lowest BCUT2D eigenvalue weighted by Gasteiger charge is -2.11. The summed E-state index contributed by atoms with van der Waals surface area (Å²) in [5.74, 6) is -0.614. The summed E-state index contributed by atoms with van der Waals surface area (Å²) in [5, 5.41) is 0. The SMILES string of the molecule is NCc1ncc(-c2ccc(F)cc2)n2c(-c3ccc(F)cc3)cnc12. The van der Waals surface area contributed by atoms with Crippen molar-refractivity contribution >= 4 is 5.65 Å². The number of fused-ring (bicyclic) bond motifs is 1. The number of nitrogens with zero attached hydrogens (tertiary/aromatic N) is 3. The second-order valence-corrected chi connectivity index (χ2v) is 5.61. The molecule has 0 saturated carbocycles. The molecule has 0 radical (unpaired) electrons. The van der Waals surface area contributed by atoms with E-state index < -0.39 is 0 Å². The van der Waals surface area contributed by atoms with Gasteiger partial charge in [0.15, 0.2) is 5.65 Å². The fraction of sp³-hybridized carbons (Fsp3) is 0.0526. The molecule has 0 saturated heterocycles. The molecule has 6 heteroatoms. The van der Waals surface area contributed by atoms with E-state index in [1.165, 1.54) is 24.3 Å². The Morgan fingerprint density at radius 1 is 0.760 bits per heavy atom. The van der Waals surface area contributed by atoms with Crippen molar-refractivity contribution in [2.75, 3.05) is 0 Å². The fourth-order valence-electron chi connectivity index (χ4n) is 2.85. The van der Waals surface area contributed by atoms with Gasteiger partial charge in [0.1, 0.15) is 11.6 Å². The Kier molecular flexibility index (Phi) is 3.74. The average molecular weight is 336 g/mol. The Balaban J connectivity index is 2.01. The van der Waals surface area contributed by atoms with Crippen LogP contribution in [-0.2, 0) is 6.54 Å². The van der Waals surface area contributed by atoms with Crippen molar-refractivity contribution in [2.24, 2.45) is 5.73 Å². The lowest BCUT2D eigenvalue weighted by atomic mass is 10.1. The number of hydrogen-bond donors (Lipinski definition) is 1. The molecule has 0 aliphatic carbocycles. The molecular formula is C19H14F2N4. The average Bonchev–Trinajstić information content (AvgIpc) is 3.08. The normalized spacial score (nSPS) is 11.2. The van der Waals surface area contributed by atoms with Crippen LogP contribution in [0.25, 0.3) is 28.2 Å². The molecule has 2 heterocycles. The third-order valence-electron chi connectivity index (χ3n) is 4.08. The highest BCUT2D eigenvalue weighted by atomic mass is 19.1. The fourth-order valence-corrected chi connectivity index (χ4v) is 2.85. The first kappa shape index (κ1) is 15.4. The van der Waals surface area contributed by atoms with Crippen LogP contribution in [0.4, 0.5) is 8.78 Å². The van der Waals surface area contributed by atoms with Crippen LogP contribution in [0.1, 0.15) is 5.69 Å². The monoisotopic (exact) mass is 336 g/mol. The third-order valence-corrected chi connectivity index (χ3v) is 4.08. The van der Waals surface area contributed by atoms with Gasteiger partial charge in [0, 0.05) is 17.7 Å². The number of rotatable bonds is 3. The molecule has 0 bridgehead atoms. The van der Waals surface area contributed by atoms with Crippen LogP contribution >= 0.6 is 0 Å². The van der Waals surface area contributed by atoms with Crippen molar-refractivity contribution in [3.63, 3.8) is 0 Å². The van der Waals surface area contributed by atoms with Gasteiger partial charge in [-0.3, -0.25) is 9.38 Å². The number of halogens is 2. The van der Waals surface area contributed by atoms with Gasteiger partial charge < -0.3 is 5.73 Å². The quantitative estimate of drug-likeness (QED) is 0.619. The number of benzene rings is 2. The molecule has 0 amide bonds. The first-order valence-corrected chi connectivity index (χ1v) is 7.74. The molecule has 2 aromatic heterocycles. The van der Waals surface area contributed by atoms with E-state index in [9.17, 15) is 8.78 Å². The first-order chi connectivity index (χ1) is 12.2. The molecule has 124 valence electrons. The number of imidazole rings is 1. The van der Waals surface area contributed by atoms with Gasteiger partial charge in [-0.05, 0) is 48.5 Å². The van der Waals surface area contributed by atoms with Gasteiger partial charge in [-0.1, -0.05) is 0 Å². The zero-order valence-corrected chi connectivity index (χ0v) is 13.2. The summed E-state index contributed by atoms with van der Waals surface area (Å²) < 4.78 is 28.4. The lowest BCUT2D eigenvalue weighted by molar-refractivity contribution is 0.627. The molecule has 25 heavy (non-hydrogen) atoms. The predicted molar refractivity (Wildman–Crippen MR) is 91.7 cm³/mol. The maximum Gasteiger partial charge on any atom is 0.160 e. The molecule has 4 rings (SSSR count). The molecule has 0 aliphatic rings. The zero-order chi connectivity index (χ0) is 17.4. The van der Waals surface area contributed by atoms with Gasteiger partial charge >= 0.3 is 0 Å². The number of hydrogen-bond acceptors (Lipinski definition) is 3. The molecular weight excluding hydrogens is 322 g/mol. The third kappa shape index (κ3) is 2.66. The van der Waals surface area contributed by atoms with E-state index in [2.05, 4.69) is 9.97 Å². The van der Waals surface area contributed by atoms with Crippen LogP contribution in [-0.4, -0.2) is 14.4 Å². The standard InChI is InChI=1S/C19H14F2N4/c20-14-5-1-12(2-6-14)17-10-23-16(9-22)19-24-11-18(25(17)19)13-3-7-15(21)8-4-13/h1-8,10-11H,9,22H2. The van der Waals surface area contributed by atoms with Crippen LogP contribution < -0.4 is 5.73 Å². The van der Waals surface area contributed by atoms with E-state index >= 15 is 0 Å². The molecule has 2 N–H and O–H groups in total. The minimum absolute atomic E-state index is 0.243. The minimum atomic E-state index is -0.309. The Morgan fingerprint density at radius 3 is 1.72 bits per heavy atom. The van der Waals surface area contributed by atoms with Crippen LogP contribution in [0.3, 0.4) is 0 Å². The molecule has 2 aromatic carbocycles. The number of aromatic nitrogens is 3. The van der Waals surface area contributed by atoms with Crippen molar-refractivity contribution in [1.82, 2.24) is 14.4 Å². The van der Waals surface area contributed by atoms with Gasteiger partial charge in [0.2, 0.25) is 0 Å². The van der Waals surface area contributed by atoms with Gasteiger partial charge in [-0.25, -0.2) is 13.8 Å². The Labute approximate surface area is 142 Å². The Hall–Kier alpha value is -3.12. The van der Waals surface area contributed by atoms with Crippen molar-refractivity contribution in [1.29, 1.82) is 0 Å². The molecule has 0 fully saturated rings. The second kappa shape index (κ2) is 6.07. The van der Waals surface area contributed by atoms with Crippen molar-refractivity contribution < 1.29 is 8.78 Å². The summed E-state index contributed by atoms with van der Waals surface area (Å²) in [5.41, 5.74) is 10.2. The highest BCUT2D eigenvalue weighted by Gasteiger charge is 2.15. The molecule has 4 aromatic rings. The largest absolute Gasteiger partial charge is 0.325 e. The summed E-state index contributed by atoms with van der Waals surface area (Å²) >= 11 is 0. The van der Waals surface area contributed by atoms with Gasteiger partial charge in [0.05, 0.1) is 29.5 Å². The number of nitrogens with two attached hydrogens (primary N) is 1. The maximum absolute atomic E-state index is 13.3. The minimum Gasteiger partial charge on any atom is -0.325 e. The summed E-state index contributed by atoms with van der Waals surface area (Å²) in [6.07, 6.45) is 3.40. The van der Waals surface area contributed by atoms with E-state index in [0.717, 1.165) is 22.5 Å². The molecule has 4 nitrogen and oxygen atoms in total. The molecule has 0 spiro atoms. The Bertz CT molecular complexity index is 1040. The van der Waals surface area contributed by atoms with E-state index in [1.54, 1.807) is 36.7 Å². The summed E-state index contributed by atoms with van der Waals surface area (Å²) in [6.45, 7) is 0.243. The first-order valence-electron chi connectivity index (χ1n) is 7.74. The summed E-state index contributed by atoms with van der Waals surface area (Å²) in [6, 6.07) is 12.3. The second-order valence-electron chi connectivity index (χ2n) is 5.61. The molecule has 0 unspecified atom stereocenters. The van der Waals surface area contributed by atoms with Crippen molar-refractivity contribution in [3.8, 4) is 22.5 Å². The van der Waals surface area contributed by atoms with E-state index in [1.807, 2.05) is 4.40 Å². The van der Waals surface area contributed by atoms with Crippen LogP contribution in [0.15, 0.2) is 60.9 Å². The molecule has 0 aliphatic heterocycles. The van der Waals surface area contributed by atoms with Crippen molar-refractivity contribution in [2.45, 2.75) is 6.54 Å². The van der Waals surface area contributed by atoms with Gasteiger partial charge in [-0.15, -0.1) is 0 Å². The maximum atomic E-state index is 13.3. The van der Waals surface area contributed by atoms with Crippen molar-refractivity contribution in [3.05, 3.63) is 78.3 Å². The van der Waals surface area contributed by atoms with Crippen LogP contribution in [0.5, 0.6) is 0 Å². The molecule has 0 atom stereocenters. The Morgan fingerprint density at radius 2 is 1.24 bits per heavy atom. The summed E-state index contributed by atoms with van der Waals surface area (Å²) in [4.78, 5) is 8.83. The highest BCUT2D eigenvalue weighted by molar-refractivity contribution is 5.71. The lowest BCUT2D eigenvalue weighted by Crippen LogP contribution is -2.05. The van der Waals surface area contributed by atoms with E-state index in [0.29, 0.717) is 11.3 Å². The van der Waals surface area contributed by atoms with Crippen LogP contribution in [0, 0.1) is 11.6 Å². The van der Waals surface area contributed by atoms with E-state index in [-0.39, 0.29) is 18.2 Å². The van der Waals surface area contributed by atoms with E-state index in [4.69, 9.17) is 5.73 Å².